The van der Waals surface area contributed by atoms with Gasteiger partial charge in [-0.05, 0) is 37.0 Å². The SMILES string of the molecule is C=CCN(CC(=S)N[C@H](C(=O)N1CCC[C@@H]1CNC(=S)C1CC(CCCC)C1)C(C)(C)C)C(=O)O. The maximum absolute atomic E-state index is 13.7. The van der Waals surface area contributed by atoms with E-state index in [-0.39, 0.29) is 25.0 Å². The van der Waals surface area contributed by atoms with Crippen molar-refractivity contribution in [3.05, 3.63) is 12.7 Å². The number of thiocarbonyl (C=S) groups is 2. The molecule has 0 unspecified atom stereocenters. The number of hydrogen-bond donors (Lipinski definition) is 3. The van der Waals surface area contributed by atoms with Gasteiger partial charge in [-0.1, -0.05) is 77.5 Å². The van der Waals surface area contributed by atoms with Crippen LogP contribution in [0.5, 0.6) is 0 Å². The van der Waals surface area contributed by atoms with Gasteiger partial charge in [0.2, 0.25) is 5.91 Å². The van der Waals surface area contributed by atoms with Gasteiger partial charge in [-0.15, -0.1) is 6.58 Å². The maximum atomic E-state index is 13.7. The Morgan fingerprint density at radius 2 is 1.97 bits per heavy atom. The van der Waals surface area contributed by atoms with Crippen LogP contribution in [0.1, 0.15) is 72.6 Å². The molecule has 2 fully saturated rings. The van der Waals surface area contributed by atoms with E-state index >= 15 is 0 Å². The quantitative estimate of drug-likeness (QED) is 0.254. The summed E-state index contributed by atoms with van der Waals surface area (Å²) in [5, 5.41) is 16.0. The van der Waals surface area contributed by atoms with E-state index in [1.807, 2.05) is 25.7 Å². The largest absolute Gasteiger partial charge is 0.465 e. The molecule has 2 amide bonds. The normalized spacial score (nSPS) is 22.6. The summed E-state index contributed by atoms with van der Waals surface area (Å²) in [5.74, 6) is 1.30. The highest BCUT2D eigenvalue weighted by Gasteiger charge is 2.39. The molecule has 198 valence electrons. The third-order valence-electron chi connectivity index (χ3n) is 7.12. The lowest BCUT2D eigenvalue weighted by Gasteiger charge is -2.38. The van der Waals surface area contributed by atoms with E-state index in [9.17, 15) is 14.7 Å². The summed E-state index contributed by atoms with van der Waals surface area (Å²) in [7, 11) is 0. The summed E-state index contributed by atoms with van der Waals surface area (Å²) in [4.78, 5) is 29.5. The lowest BCUT2D eigenvalue weighted by atomic mass is 9.72. The van der Waals surface area contributed by atoms with Crippen molar-refractivity contribution in [3.8, 4) is 0 Å². The van der Waals surface area contributed by atoms with Gasteiger partial charge in [0.1, 0.15) is 6.04 Å². The van der Waals surface area contributed by atoms with E-state index in [4.69, 9.17) is 24.4 Å². The molecule has 2 atom stereocenters. The highest BCUT2D eigenvalue weighted by atomic mass is 32.1. The summed E-state index contributed by atoms with van der Waals surface area (Å²) in [6, 6.07) is -0.458. The van der Waals surface area contributed by atoms with Crippen LogP contribution in [0.4, 0.5) is 4.79 Å². The van der Waals surface area contributed by atoms with Gasteiger partial charge in [-0.3, -0.25) is 9.69 Å². The van der Waals surface area contributed by atoms with E-state index in [1.165, 1.54) is 43.1 Å². The molecule has 0 aromatic carbocycles. The van der Waals surface area contributed by atoms with Crippen LogP contribution >= 0.6 is 24.4 Å². The summed E-state index contributed by atoms with van der Waals surface area (Å²) in [6.45, 7) is 13.4. The van der Waals surface area contributed by atoms with Crippen molar-refractivity contribution in [2.24, 2.45) is 17.3 Å². The fourth-order valence-corrected chi connectivity index (χ4v) is 5.49. The highest BCUT2D eigenvalue weighted by Crippen LogP contribution is 2.37. The van der Waals surface area contributed by atoms with Gasteiger partial charge in [0.05, 0.1) is 16.5 Å². The second kappa shape index (κ2) is 13.5. The van der Waals surface area contributed by atoms with Gasteiger partial charge in [0.25, 0.3) is 0 Å². The zero-order valence-electron chi connectivity index (χ0n) is 21.8. The van der Waals surface area contributed by atoms with Gasteiger partial charge in [-0.25, -0.2) is 4.79 Å². The monoisotopic (exact) mass is 524 g/mol. The van der Waals surface area contributed by atoms with Gasteiger partial charge >= 0.3 is 6.09 Å². The molecule has 7 nitrogen and oxygen atoms in total. The van der Waals surface area contributed by atoms with E-state index in [2.05, 4.69) is 24.1 Å². The van der Waals surface area contributed by atoms with Crippen LogP contribution in [-0.4, -0.2) is 75.1 Å². The third-order valence-corrected chi connectivity index (χ3v) is 7.84. The van der Waals surface area contributed by atoms with E-state index < -0.39 is 17.6 Å². The van der Waals surface area contributed by atoms with Crippen molar-refractivity contribution in [2.45, 2.75) is 84.7 Å². The molecule has 1 aliphatic heterocycles. The first kappa shape index (κ1) is 29.5. The van der Waals surface area contributed by atoms with Gasteiger partial charge < -0.3 is 20.6 Å². The summed E-state index contributed by atoms with van der Waals surface area (Å²) in [5.41, 5.74) is -0.400. The number of carbonyl (C=O) groups excluding carboxylic acids is 1. The number of likely N-dealkylation sites (tertiary alicyclic amines) is 1. The Morgan fingerprint density at radius 3 is 2.54 bits per heavy atom. The summed E-state index contributed by atoms with van der Waals surface area (Å²) >= 11 is 11.1. The summed E-state index contributed by atoms with van der Waals surface area (Å²) in [6.07, 6.45) is 8.57. The molecule has 3 N–H and O–H groups in total. The van der Waals surface area contributed by atoms with Gasteiger partial charge in [0, 0.05) is 31.6 Å². The zero-order chi connectivity index (χ0) is 26.2. The Bertz CT molecular complexity index is 777. The molecule has 35 heavy (non-hydrogen) atoms. The molecule has 1 aliphatic carbocycles. The number of carboxylic acid groups (broad SMARTS) is 1. The maximum Gasteiger partial charge on any atom is 0.407 e. The van der Waals surface area contributed by atoms with Crippen molar-refractivity contribution < 1.29 is 14.7 Å². The Hall–Kier alpha value is -1.74. The second-order valence-electron chi connectivity index (χ2n) is 11.1. The Balaban J connectivity index is 1.94. The van der Waals surface area contributed by atoms with Crippen molar-refractivity contribution in [1.29, 1.82) is 0 Å². The smallest absolute Gasteiger partial charge is 0.407 e. The molecule has 0 radical (unpaired) electrons. The van der Waals surface area contributed by atoms with Crippen molar-refractivity contribution in [1.82, 2.24) is 20.4 Å². The first-order valence-corrected chi connectivity index (χ1v) is 13.8. The van der Waals surface area contributed by atoms with Crippen molar-refractivity contribution in [3.63, 3.8) is 0 Å². The number of rotatable bonds is 12. The van der Waals surface area contributed by atoms with Crippen LogP contribution in [0.15, 0.2) is 12.7 Å². The zero-order valence-corrected chi connectivity index (χ0v) is 23.5. The van der Waals surface area contributed by atoms with Crippen molar-refractivity contribution in [2.75, 3.05) is 26.2 Å². The Labute approximate surface area is 222 Å². The van der Waals surface area contributed by atoms with E-state index in [0.717, 1.165) is 23.7 Å². The molecule has 0 aromatic rings. The predicted molar refractivity (Wildman–Crippen MR) is 150 cm³/mol. The molecular weight excluding hydrogens is 480 g/mol. The fraction of sp³-hybridized carbons (Fsp3) is 0.769. The fourth-order valence-electron chi connectivity index (χ4n) is 4.94. The lowest BCUT2D eigenvalue weighted by molar-refractivity contribution is -0.136. The van der Waals surface area contributed by atoms with Crippen LogP contribution < -0.4 is 10.6 Å². The average Bonchev–Trinajstić information content (AvgIpc) is 3.22. The van der Waals surface area contributed by atoms with Crippen LogP contribution in [0.2, 0.25) is 0 Å². The number of amides is 2. The number of nitrogens with zero attached hydrogens (tertiary/aromatic N) is 2. The first-order chi connectivity index (χ1) is 16.5. The Morgan fingerprint density at radius 1 is 1.29 bits per heavy atom. The standard InChI is InChI=1S/C26H44N4O3S2/c1-6-8-10-18-14-19(15-18)23(35)27-16-20-11-9-13-30(20)24(31)22(26(3,4)5)28-21(34)17-29(12-7-2)25(32)33/h7,18-20,22H,2,6,8-17H2,1,3-5H3,(H,27,35)(H,28,34)(H,32,33)/t18?,19?,20-,22-/m1/s1. The molecule has 1 saturated heterocycles. The minimum Gasteiger partial charge on any atom is -0.465 e. The number of carbonyl (C=O) groups is 2. The van der Waals surface area contributed by atoms with Crippen LogP contribution in [-0.2, 0) is 4.79 Å². The second-order valence-corrected chi connectivity index (χ2v) is 12.0. The summed E-state index contributed by atoms with van der Waals surface area (Å²) < 4.78 is 0. The van der Waals surface area contributed by atoms with Crippen LogP contribution in [0, 0.1) is 17.3 Å². The minimum atomic E-state index is -1.07. The molecule has 0 aromatic heterocycles. The van der Waals surface area contributed by atoms with Crippen LogP contribution in [0.3, 0.4) is 0 Å². The van der Waals surface area contributed by atoms with E-state index in [0.29, 0.717) is 24.0 Å². The molecule has 1 saturated carbocycles. The molecule has 0 spiro atoms. The molecule has 1 heterocycles. The topological polar surface area (TPSA) is 84.9 Å². The molecule has 2 aliphatic rings. The van der Waals surface area contributed by atoms with Gasteiger partial charge in [0.15, 0.2) is 0 Å². The molecule has 9 heteroatoms. The van der Waals surface area contributed by atoms with Gasteiger partial charge in [-0.2, -0.15) is 0 Å². The minimum absolute atomic E-state index is 0.00365. The Kier molecular flexibility index (Phi) is 11.4. The number of hydrogen-bond acceptors (Lipinski definition) is 4. The number of nitrogens with one attached hydrogen (secondary N) is 2. The first-order valence-electron chi connectivity index (χ1n) is 12.9. The number of unbranched alkanes of at least 4 members (excludes halogenated alkanes) is 1. The van der Waals surface area contributed by atoms with Crippen molar-refractivity contribution >= 4 is 46.4 Å². The molecule has 0 bridgehead atoms. The lowest BCUT2D eigenvalue weighted by Crippen LogP contribution is -2.58. The highest BCUT2D eigenvalue weighted by molar-refractivity contribution is 7.80. The average molecular weight is 525 g/mol. The molecular formula is C26H44N4O3S2. The molecule has 2 rings (SSSR count). The third kappa shape index (κ3) is 8.70. The van der Waals surface area contributed by atoms with Crippen LogP contribution in [0.25, 0.3) is 0 Å². The van der Waals surface area contributed by atoms with E-state index in [1.54, 1.807) is 0 Å². The predicted octanol–water partition coefficient (Wildman–Crippen LogP) is 4.61.